The second-order valence-corrected chi connectivity index (χ2v) is 6.30. The molecule has 5 nitrogen and oxygen atoms in total. The highest BCUT2D eigenvalue weighted by atomic mass is 16.3. The highest BCUT2D eigenvalue weighted by molar-refractivity contribution is 5.74. The number of aliphatic hydroxyl groups excluding tert-OH is 1. The summed E-state index contributed by atoms with van der Waals surface area (Å²) >= 11 is 0. The van der Waals surface area contributed by atoms with Crippen LogP contribution in [0.2, 0.25) is 0 Å². The van der Waals surface area contributed by atoms with Gasteiger partial charge in [0.1, 0.15) is 0 Å². The number of hydrogen-bond donors (Lipinski definition) is 3. The van der Waals surface area contributed by atoms with Gasteiger partial charge in [-0.3, -0.25) is 4.90 Å². The highest BCUT2D eigenvalue weighted by Crippen LogP contribution is 2.17. The molecular weight excluding hydrogens is 266 g/mol. The fourth-order valence-electron chi connectivity index (χ4n) is 3.03. The van der Waals surface area contributed by atoms with E-state index in [0.717, 1.165) is 38.9 Å². The molecule has 0 aromatic rings. The van der Waals surface area contributed by atoms with E-state index in [1.807, 2.05) is 19.1 Å². The van der Waals surface area contributed by atoms with Gasteiger partial charge in [0.05, 0.1) is 0 Å². The summed E-state index contributed by atoms with van der Waals surface area (Å²) in [4.78, 5) is 14.4. The van der Waals surface area contributed by atoms with Gasteiger partial charge in [-0.05, 0) is 26.2 Å². The van der Waals surface area contributed by atoms with Crippen LogP contribution in [0.1, 0.15) is 26.2 Å². The standard InChI is InChI=1S/C16H27N3O2/c1-12(2)10-19-7-5-14(6-8-19)17-16(21)18-15-4-3-13(9-15)11-20/h3-4,13-15,20H,1,5-11H2,2H3,(H2,17,18,21)/t13-,15+/m0/s1. The Morgan fingerprint density at radius 3 is 2.62 bits per heavy atom. The molecule has 1 aliphatic heterocycles. The Hall–Kier alpha value is -1.33. The van der Waals surface area contributed by atoms with E-state index in [0.29, 0.717) is 0 Å². The zero-order chi connectivity index (χ0) is 15.2. The molecule has 2 aliphatic rings. The fourth-order valence-corrected chi connectivity index (χ4v) is 3.03. The van der Waals surface area contributed by atoms with E-state index in [2.05, 4.69) is 22.1 Å². The van der Waals surface area contributed by atoms with Crippen LogP contribution in [0.4, 0.5) is 4.79 Å². The van der Waals surface area contributed by atoms with Gasteiger partial charge < -0.3 is 15.7 Å². The lowest BCUT2D eigenvalue weighted by atomic mass is 10.0. The first kappa shape index (κ1) is 16.0. The third-order valence-corrected chi connectivity index (χ3v) is 4.14. The summed E-state index contributed by atoms with van der Waals surface area (Å²) in [6.45, 7) is 9.11. The predicted octanol–water partition coefficient (Wildman–Crippen LogP) is 1.26. The van der Waals surface area contributed by atoms with Crippen LogP contribution in [-0.4, -0.2) is 54.4 Å². The maximum atomic E-state index is 12.0. The molecule has 2 rings (SSSR count). The monoisotopic (exact) mass is 293 g/mol. The van der Waals surface area contributed by atoms with Crippen molar-refractivity contribution in [3.63, 3.8) is 0 Å². The summed E-state index contributed by atoms with van der Waals surface area (Å²) in [5.41, 5.74) is 1.19. The van der Waals surface area contributed by atoms with Crippen LogP contribution in [0.3, 0.4) is 0 Å². The van der Waals surface area contributed by atoms with Crippen molar-refractivity contribution in [1.82, 2.24) is 15.5 Å². The first-order chi connectivity index (χ1) is 10.1. The molecule has 0 spiro atoms. The van der Waals surface area contributed by atoms with Crippen LogP contribution in [0, 0.1) is 5.92 Å². The molecule has 0 aromatic carbocycles. The van der Waals surface area contributed by atoms with Crippen LogP contribution in [0.5, 0.6) is 0 Å². The second kappa shape index (κ2) is 7.61. The molecule has 0 saturated carbocycles. The number of nitrogens with one attached hydrogen (secondary N) is 2. The number of rotatable bonds is 5. The zero-order valence-corrected chi connectivity index (χ0v) is 12.8. The number of nitrogens with zero attached hydrogens (tertiary/aromatic N) is 1. The second-order valence-electron chi connectivity index (χ2n) is 6.30. The van der Waals surface area contributed by atoms with Crippen LogP contribution in [0.15, 0.2) is 24.3 Å². The highest BCUT2D eigenvalue weighted by Gasteiger charge is 2.23. The molecule has 0 unspecified atom stereocenters. The van der Waals surface area contributed by atoms with Crippen molar-refractivity contribution in [1.29, 1.82) is 0 Å². The molecule has 0 aromatic heterocycles. The average molecular weight is 293 g/mol. The molecule has 0 radical (unpaired) electrons. The molecule has 21 heavy (non-hydrogen) atoms. The molecule has 2 amide bonds. The first-order valence-electron chi connectivity index (χ1n) is 7.79. The lowest BCUT2D eigenvalue weighted by Gasteiger charge is -2.32. The van der Waals surface area contributed by atoms with Crippen molar-refractivity contribution in [2.45, 2.75) is 38.3 Å². The summed E-state index contributed by atoms with van der Waals surface area (Å²) in [6, 6.07) is 0.206. The lowest BCUT2D eigenvalue weighted by molar-refractivity contribution is 0.200. The van der Waals surface area contributed by atoms with Crippen molar-refractivity contribution in [2.24, 2.45) is 5.92 Å². The third kappa shape index (κ3) is 5.17. The third-order valence-electron chi connectivity index (χ3n) is 4.14. The van der Waals surface area contributed by atoms with Crippen molar-refractivity contribution >= 4 is 6.03 Å². The number of hydrogen-bond acceptors (Lipinski definition) is 3. The largest absolute Gasteiger partial charge is 0.396 e. The maximum absolute atomic E-state index is 12.0. The Morgan fingerprint density at radius 2 is 2.05 bits per heavy atom. The van der Waals surface area contributed by atoms with Gasteiger partial charge in [-0.25, -0.2) is 4.79 Å². The van der Waals surface area contributed by atoms with Crippen molar-refractivity contribution in [2.75, 3.05) is 26.2 Å². The van der Waals surface area contributed by atoms with E-state index in [1.54, 1.807) is 0 Å². The van der Waals surface area contributed by atoms with E-state index in [9.17, 15) is 4.79 Å². The van der Waals surface area contributed by atoms with E-state index in [4.69, 9.17) is 5.11 Å². The van der Waals surface area contributed by atoms with Gasteiger partial charge in [0.25, 0.3) is 0 Å². The van der Waals surface area contributed by atoms with Crippen LogP contribution in [0.25, 0.3) is 0 Å². The minimum absolute atomic E-state index is 0.0469. The van der Waals surface area contributed by atoms with E-state index in [-0.39, 0.29) is 30.6 Å². The van der Waals surface area contributed by atoms with Gasteiger partial charge in [-0.1, -0.05) is 24.3 Å². The Kier molecular flexibility index (Phi) is 5.82. The SMILES string of the molecule is C=C(C)CN1CCC(NC(=O)N[C@@H]2C=C[C@H](CO)C2)CC1. The van der Waals surface area contributed by atoms with Gasteiger partial charge in [0.2, 0.25) is 0 Å². The van der Waals surface area contributed by atoms with Crippen molar-refractivity contribution in [3.05, 3.63) is 24.3 Å². The number of urea groups is 1. The zero-order valence-electron chi connectivity index (χ0n) is 12.8. The number of piperidine rings is 1. The summed E-state index contributed by atoms with van der Waals surface area (Å²) in [5.74, 6) is 0.181. The molecule has 1 aliphatic carbocycles. The Morgan fingerprint density at radius 1 is 1.33 bits per heavy atom. The smallest absolute Gasteiger partial charge is 0.315 e. The quantitative estimate of drug-likeness (QED) is 0.669. The molecule has 1 saturated heterocycles. The normalized spacial score (nSPS) is 26.8. The summed E-state index contributed by atoms with van der Waals surface area (Å²) < 4.78 is 0. The summed E-state index contributed by atoms with van der Waals surface area (Å²) in [7, 11) is 0. The molecule has 5 heteroatoms. The van der Waals surface area contributed by atoms with Crippen LogP contribution in [-0.2, 0) is 0 Å². The van der Waals surface area contributed by atoms with Gasteiger partial charge in [-0.15, -0.1) is 0 Å². The average Bonchev–Trinajstić information content (AvgIpc) is 2.88. The van der Waals surface area contributed by atoms with E-state index in [1.165, 1.54) is 5.57 Å². The summed E-state index contributed by atoms with van der Waals surface area (Å²) in [6.07, 6.45) is 6.71. The van der Waals surface area contributed by atoms with E-state index >= 15 is 0 Å². The minimum Gasteiger partial charge on any atom is -0.396 e. The number of amides is 2. The van der Waals surface area contributed by atoms with Gasteiger partial charge in [0.15, 0.2) is 0 Å². The molecule has 1 heterocycles. The predicted molar refractivity (Wildman–Crippen MR) is 84.1 cm³/mol. The van der Waals surface area contributed by atoms with E-state index < -0.39 is 0 Å². The molecule has 3 N–H and O–H groups in total. The number of carbonyl (C=O) groups is 1. The number of aliphatic hydroxyl groups is 1. The topological polar surface area (TPSA) is 64.6 Å². The van der Waals surface area contributed by atoms with Crippen LogP contribution < -0.4 is 10.6 Å². The first-order valence-corrected chi connectivity index (χ1v) is 7.79. The maximum Gasteiger partial charge on any atom is 0.315 e. The fraction of sp³-hybridized carbons (Fsp3) is 0.688. The summed E-state index contributed by atoms with van der Waals surface area (Å²) in [5, 5.41) is 15.1. The van der Waals surface area contributed by atoms with Gasteiger partial charge in [0, 0.05) is 44.2 Å². The molecule has 1 fully saturated rings. The molecule has 118 valence electrons. The van der Waals surface area contributed by atoms with Crippen molar-refractivity contribution < 1.29 is 9.90 Å². The van der Waals surface area contributed by atoms with Gasteiger partial charge in [-0.2, -0.15) is 0 Å². The Balaban J connectivity index is 1.65. The molecular formula is C16H27N3O2. The Labute approximate surface area is 127 Å². The molecule has 2 atom stereocenters. The Bertz CT molecular complexity index is 400. The van der Waals surface area contributed by atoms with Crippen LogP contribution >= 0.6 is 0 Å². The number of carbonyl (C=O) groups excluding carboxylic acids is 1. The number of likely N-dealkylation sites (tertiary alicyclic amines) is 1. The van der Waals surface area contributed by atoms with Crippen molar-refractivity contribution in [3.8, 4) is 0 Å². The molecule has 0 bridgehead atoms. The minimum atomic E-state index is -0.0957. The lowest BCUT2D eigenvalue weighted by Crippen LogP contribution is -2.49. The van der Waals surface area contributed by atoms with Gasteiger partial charge >= 0.3 is 6.03 Å².